The first-order valence-electron chi connectivity index (χ1n) is 10.9. The van der Waals surface area contributed by atoms with Gasteiger partial charge in [-0.1, -0.05) is 17.7 Å². The van der Waals surface area contributed by atoms with Gasteiger partial charge < -0.3 is 14.4 Å². The SMILES string of the molecule is CN=CC(O)n1c(=O)n(S(C)(=O)=O)c2ccc(Cn3ccc(OCc4ccc(F)cc4F)c(Cl)c3=O)cc21. The maximum Gasteiger partial charge on any atom is 0.345 e. The van der Waals surface area contributed by atoms with E-state index in [1.165, 1.54) is 48.1 Å². The van der Waals surface area contributed by atoms with E-state index in [0.29, 0.717) is 15.6 Å². The Balaban J connectivity index is 1.68. The molecule has 0 bridgehead atoms. The molecule has 200 valence electrons. The van der Waals surface area contributed by atoms with Crippen LogP contribution in [-0.4, -0.2) is 46.1 Å². The Hall–Kier alpha value is -3.81. The number of aliphatic imine (C=N–C) groups is 1. The molecule has 38 heavy (non-hydrogen) atoms. The van der Waals surface area contributed by atoms with Gasteiger partial charge in [0.2, 0.25) is 10.0 Å². The molecule has 0 saturated heterocycles. The molecule has 0 aliphatic carbocycles. The average Bonchev–Trinajstić information content (AvgIpc) is 3.14. The lowest BCUT2D eigenvalue weighted by molar-refractivity contribution is 0.179. The van der Waals surface area contributed by atoms with Gasteiger partial charge in [0, 0.05) is 31.1 Å². The zero-order valence-corrected chi connectivity index (χ0v) is 21.6. The fourth-order valence-electron chi connectivity index (χ4n) is 3.87. The van der Waals surface area contributed by atoms with Gasteiger partial charge in [0.25, 0.3) is 5.56 Å². The summed E-state index contributed by atoms with van der Waals surface area (Å²) in [5, 5.41) is 10.1. The number of hydrogen-bond donors (Lipinski definition) is 1. The molecule has 2 heterocycles. The first-order valence-corrected chi connectivity index (χ1v) is 13.2. The Kier molecular flexibility index (Phi) is 7.54. The monoisotopic (exact) mass is 566 g/mol. The van der Waals surface area contributed by atoms with Crippen LogP contribution in [0.25, 0.3) is 11.0 Å². The fourth-order valence-corrected chi connectivity index (χ4v) is 4.98. The van der Waals surface area contributed by atoms with E-state index in [2.05, 4.69) is 4.99 Å². The van der Waals surface area contributed by atoms with E-state index in [4.69, 9.17) is 16.3 Å². The number of pyridine rings is 1. The summed E-state index contributed by atoms with van der Waals surface area (Å²) < 4.78 is 59.6. The van der Waals surface area contributed by atoms with E-state index in [9.17, 15) is 31.9 Å². The van der Waals surface area contributed by atoms with Gasteiger partial charge in [0.05, 0.1) is 23.8 Å². The standard InChI is InChI=1S/C24H21ClF2N4O6S/c1-28-11-21(32)30-19-9-14(3-6-18(19)31(24(30)34)38(2,35)36)12-29-8-7-20(22(25)23(29)33)37-13-15-4-5-16(26)10-17(15)27/h3-11,21,32H,12-13H2,1-2H3. The third-order valence-electron chi connectivity index (χ3n) is 5.60. The average molecular weight is 567 g/mol. The predicted molar refractivity (Wildman–Crippen MR) is 138 cm³/mol. The van der Waals surface area contributed by atoms with Crippen molar-refractivity contribution in [3.63, 3.8) is 0 Å². The molecule has 4 aromatic rings. The predicted octanol–water partition coefficient (Wildman–Crippen LogP) is 2.52. The Morgan fingerprint density at radius 1 is 1.13 bits per heavy atom. The number of aromatic nitrogens is 3. The van der Waals surface area contributed by atoms with Crippen LogP contribution < -0.4 is 16.0 Å². The Bertz CT molecular complexity index is 1800. The van der Waals surface area contributed by atoms with Crippen LogP contribution in [-0.2, 0) is 23.2 Å². The molecule has 2 aromatic heterocycles. The van der Waals surface area contributed by atoms with Crippen LogP contribution in [0.3, 0.4) is 0 Å². The number of aliphatic hydroxyl groups excluding tert-OH is 1. The Labute approximate surface area is 219 Å². The third-order valence-corrected chi connectivity index (χ3v) is 6.96. The molecule has 0 radical (unpaired) electrons. The quantitative estimate of drug-likeness (QED) is 0.327. The minimum atomic E-state index is -4.01. The molecule has 1 N–H and O–H groups in total. The van der Waals surface area contributed by atoms with Gasteiger partial charge in [-0.2, -0.15) is 3.97 Å². The lowest BCUT2D eigenvalue weighted by atomic mass is 10.2. The molecule has 1 unspecified atom stereocenters. The Morgan fingerprint density at radius 2 is 1.87 bits per heavy atom. The van der Waals surface area contributed by atoms with E-state index in [1.807, 2.05) is 0 Å². The summed E-state index contributed by atoms with van der Waals surface area (Å²) in [5.74, 6) is -1.54. The van der Waals surface area contributed by atoms with Gasteiger partial charge in [0.15, 0.2) is 6.23 Å². The van der Waals surface area contributed by atoms with Crippen LogP contribution in [0.5, 0.6) is 5.75 Å². The molecule has 0 fully saturated rings. The number of fused-ring (bicyclic) bond motifs is 1. The molecule has 2 aromatic carbocycles. The van der Waals surface area contributed by atoms with Gasteiger partial charge >= 0.3 is 5.69 Å². The van der Waals surface area contributed by atoms with Gasteiger partial charge in [-0.3, -0.25) is 14.4 Å². The van der Waals surface area contributed by atoms with Crippen LogP contribution in [0.15, 0.2) is 63.2 Å². The van der Waals surface area contributed by atoms with Crippen molar-refractivity contribution < 1.29 is 27.0 Å². The maximum atomic E-state index is 13.9. The third kappa shape index (κ3) is 5.26. The van der Waals surface area contributed by atoms with Crippen molar-refractivity contribution in [1.29, 1.82) is 0 Å². The molecule has 14 heteroatoms. The minimum Gasteiger partial charge on any atom is -0.487 e. The highest BCUT2D eigenvalue weighted by molar-refractivity contribution is 7.89. The molecule has 1 atom stereocenters. The van der Waals surface area contributed by atoms with Gasteiger partial charge in [-0.25, -0.2) is 22.0 Å². The Morgan fingerprint density at radius 3 is 2.53 bits per heavy atom. The van der Waals surface area contributed by atoms with Crippen LogP contribution in [0, 0.1) is 11.6 Å². The molecular weight excluding hydrogens is 546 g/mol. The zero-order chi connectivity index (χ0) is 27.8. The number of nitrogens with zero attached hydrogens (tertiary/aromatic N) is 4. The van der Waals surface area contributed by atoms with Crippen LogP contribution in [0.2, 0.25) is 5.02 Å². The van der Waals surface area contributed by atoms with Crippen molar-refractivity contribution in [2.75, 3.05) is 13.3 Å². The lowest BCUT2D eigenvalue weighted by Gasteiger charge is -2.12. The van der Waals surface area contributed by atoms with Gasteiger partial charge in [0.1, 0.15) is 29.0 Å². The van der Waals surface area contributed by atoms with Crippen molar-refractivity contribution in [2.45, 2.75) is 19.4 Å². The van der Waals surface area contributed by atoms with Crippen LogP contribution >= 0.6 is 11.6 Å². The van der Waals surface area contributed by atoms with E-state index in [1.54, 1.807) is 0 Å². The van der Waals surface area contributed by atoms with E-state index >= 15 is 0 Å². The van der Waals surface area contributed by atoms with Crippen molar-refractivity contribution in [2.24, 2.45) is 4.99 Å². The fraction of sp³-hybridized carbons (Fsp3) is 0.208. The number of imidazole rings is 1. The summed E-state index contributed by atoms with van der Waals surface area (Å²) >= 11 is 6.19. The second kappa shape index (κ2) is 10.5. The van der Waals surface area contributed by atoms with Crippen molar-refractivity contribution in [1.82, 2.24) is 13.1 Å². The summed E-state index contributed by atoms with van der Waals surface area (Å²) in [7, 11) is -2.62. The highest BCUT2D eigenvalue weighted by atomic mass is 35.5. The molecular formula is C24H21ClF2N4O6S. The number of benzene rings is 2. The van der Waals surface area contributed by atoms with Crippen molar-refractivity contribution in [3.05, 3.63) is 97.3 Å². The first-order chi connectivity index (χ1) is 17.9. The molecule has 4 rings (SSSR count). The second-order valence-electron chi connectivity index (χ2n) is 8.28. The molecule has 0 spiro atoms. The topological polar surface area (TPSA) is 125 Å². The number of ether oxygens (including phenoxy) is 1. The molecule has 0 aliphatic heterocycles. The summed E-state index contributed by atoms with van der Waals surface area (Å²) in [6.07, 6.45) is 1.79. The normalized spacial score (nSPS) is 12.9. The smallest absolute Gasteiger partial charge is 0.345 e. The number of aliphatic hydroxyl groups is 1. The summed E-state index contributed by atoms with van der Waals surface area (Å²) in [4.78, 5) is 29.4. The molecule has 10 nitrogen and oxygen atoms in total. The largest absolute Gasteiger partial charge is 0.487 e. The summed E-state index contributed by atoms with van der Waals surface area (Å²) in [6.45, 7) is -0.318. The van der Waals surface area contributed by atoms with Crippen LogP contribution in [0.4, 0.5) is 8.78 Å². The van der Waals surface area contributed by atoms with Gasteiger partial charge in [-0.05, 0) is 35.9 Å². The van der Waals surface area contributed by atoms with E-state index < -0.39 is 39.1 Å². The second-order valence-corrected chi connectivity index (χ2v) is 10.5. The maximum absolute atomic E-state index is 13.9. The minimum absolute atomic E-state index is 0.00636. The van der Waals surface area contributed by atoms with E-state index in [0.717, 1.165) is 23.1 Å². The highest BCUT2D eigenvalue weighted by Crippen LogP contribution is 2.23. The zero-order valence-electron chi connectivity index (χ0n) is 20.0. The number of halogens is 3. The first kappa shape index (κ1) is 27.2. The molecule has 0 saturated carbocycles. The number of hydrogen-bond acceptors (Lipinski definition) is 7. The lowest BCUT2D eigenvalue weighted by Crippen LogP contribution is -2.31. The number of rotatable bonds is 8. The van der Waals surface area contributed by atoms with Gasteiger partial charge in [-0.15, -0.1) is 0 Å². The van der Waals surface area contributed by atoms with Crippen LogP contribution in [0.1, 0.15) is 17.4 Å². The summed E-state index contributed by atoms with van der Waals surface area (Å²) in [6, 6.07) is 8.80. The van der Waals surface area contributed by atoms with E-state index in [-0.39, 0.29) is 40.5 Å². The van der Waals surface area contributed by atoms with Crippen molar-refractivity contribution >= 4 is 38.9 Å². The molecule has 0 aliphatic rings. The highest BCUT2D eigenvalue weighted by Gasteiger charge is 2.23. The molecule has 0 amide bonds. The summed E-state index contributed by atoms with van der Waals surface area (Å²) in [5.41, 5.74) is -0.919. The van der Waals surface area contributed by atoms with Crippen molar-refractivity contribution in [3.8, 4) is 5.75 Å².